The fourth-order valence-electron chi connectivity index (χ4n) is 2.40. The Labute approximate surface area is 103 Å². The number of hydrogen-bond acceptors (Lipinski definition) is 2. The molecule has 1 aromatic heterocycles. The summed E-state index contributed by atoms with van der Waals surface area (Å²) < 4.78 is 0. The van der Waals surface area contributed by atoms with Crippen LogP contribution in [0, 0.1) is 6.92 Å². The number of allylic oxidation sites excluding steroid dienone is 1. The van der Waals surface area contributed by atoms with Gasteiger partial charge in [-0.3, -0.25) is 0 Å². The van der Waals surface area contributed by atoms with Crippen LogP contribution in [0.3, 0.4) is 0 Å². The lowest BCUT2D eigenvalue weighted by Crippen LogP contribution is -2.23. The second-order valence-electron chi connectivity index (χ2n) is 4.48. The molecule has 0 fully saturated rings. The molecule has 1 aliphatic rings. The topological polar surface area (TPSA) is 12.0 Å². The number of hydrogen-bond donors (Lipinski definition) is 1. The highest BCUT2D eigenvalue weighted by atomic mass is 32.1. The fraction of sp³-hybridized carbons (Fsp3) is 0.571. The Bertz CT molecular complexity index is 365. The summed E-state index contributed by atoms with van der Waals surface area (Å²) in [6.07, 6.45) is 7.72. The number of rotatable bonds is 4. The summed E-state index contributed by atoms with van der Waals surface area (Å²) >= 11 is 1.89. The highest BCUT2D eigenvalue weighted by Crippen LogP contribution is 2.34. The van der Waals surface area contributed by atoms with E-state index in [-0.39, 0.29) is 0 Å². The maximum absolute atomic E-state index is 3.64. The summed E-state index contributed by atoms with van der Waals surface area (Å²) in [7, 11) is 0. The van der Waals surface area contributed by atoms with Gasteiger partial charge in [0.15, 0.2) is 0 Å². The predicted octanol–water partition coefficient (Wildman–Crippen LogP) is 4.21. The first kappa shape index (κ1) is 11.9. The van der Waals surface area contributed by atoms with Gasteiger partial charge in [0.25, 0.3) is 0 Å². The maximum atomic E-state index is 3.64. The normalized spacial score (nSPS) is 18.2. The summed E-state index contributed by atoms with van der Waals surface area (Å²) in [5, 5.41) is 5.84. The molecule has 0 saturated heterocycles. The first-order valence-corrected chi connectivity index (χ1v) is 7.17. The Balaban J connectivity index is 2.23. The fourth-order valence-corrected chi connectivity index (χ4v) is 3.45. The Hall–Kier alpha value is -0.600. The van der Waals surface area contributed by atoms with E-state index in [9.17, 15) is 0 Å². The first-order valence-electron chi connectivity index (χ1n) is 6.29. The molecule has 16 heavy (non-hydrogen) atoms. The van der Waals surface area contributed by atoms with Crippen molar-refractivity contribution < 1.29 is 0 Å². The average Bonchev–Trinajstić information content (AvgIpc) is 2.73. The SMILES string of the molecule is CCNC(C1=CCCCC1)c1sccc1C. The summed E-state index contributed by atoms with van der Waals surface area (Å²) in [5.74, 6) is 0. The number of nitrogens with one attached hydrogen (secondary N) is 1. The molecule has 1 atom stereocenters. The molecule has 0 amide bonds. The smallest absolute Gasteiger partial charge is 0.0633 e. The molecule has 1 heterocycles. The minimum Gasteiger partial charge on any atom is -0.306 e. The first-order chi connectivity index (χ1) is 7.83. The molecule has 0 radical (unpaired) electrons. The molecule has 0 aliphatic heterocycles. The second kappa shape index (κ2) is 5.65. The highest BCUT2D eigenvalue weighted by Gasteiger charge is 2.19. The van der Waals surface area contributed by atoms with Crippen LogP contribution in [-0.4, -0.2) is 6.54 Å². The van der Waals surface area contributed by atoms with Crippen LogP contribution in [0.4, 0.5) is 0 Å². The van der Waals surface area contributed by atoms with Gasteiger partial charge >= 0.3 is 0 Å². The molecule has 1 N–H and O–H groups in total. The van der Waals surface area contributed by atoms with Gasteiger partial charge in [-0.25, -0.2) is 0 Å². The van der Waals surface area contributed by atoms with Gasteiger partial charge in [0.05, 0.1) is 6.04 Å². The van der Waals surface area contributed by atoms with E-state index in [0.29, 0.717) is 6.04 Å². The van der Waals surface area contributed by atoms with Gasteiger partial charge in [-0.05, 0) is 56.2 Å². The van der Waals surface area contributed by atoms with Gasteiger partial charge in [-0.15, -0.1) is 11.3 Å². The van der Waals surface area contributed by atoms with Gasteiger partial charge in [0.2, 0.25) is 0 Å². The van der Waals surface area contributed by atoms with Crippen molar-refractivity contribution >= 4 is 11.3 Å². The van der Waals surface area contributed by atoms with E-state index in [2.05, 4.69) is 36.7 Å². The van der Waals surface area contributed by atoms with Crippen molar-refractivity contribution in [1.29, 1.82) is 0 Å². The standard InChI is InChI=1S/C14H21NS/c1-3-15-13(12-7-5-4-6-8-12)14-11(2)9-10-16-14/h7,9-10,13,15H,3-6,8H2,1-2H3. The van der Waals surface area contributed by atoms with E-state index in [1.165, 1.54) is 36.1 Å². The van der Waals surface area contributed by atoms with Crippen molar-refractivity contribution in [1.82, 2.24) is 5.32 Å². The predicted molar refractivity (Wildman–Crippen MR) is 72.0 cm³/mol. The van der Waals surface area contributed by atoms with E-state index < -0.39 is 0 Å². The lowest BCUT2D eigenvalue weighted by atomic mass is 9.92. The molecule has 2 heteroatoms. The number of likely N-dealkylation sites (N-methyl/N-ethyl adjacent to an activating group) is 1. The molecule has 0 saturated carbocycles. The summed E-state index contributed by atoms with van der Waals surface area (Å²) in [4.78, 5) is 1.51. The van der Waals surface area contributed by atoms with Crippen molar-refractivity contribution in [2.24, 2.45) is 0 Å². The van der Waals surface area contributed by atoms with Crippen molar-refractivity contribution in [2.75, 3.05) is 6.54 Å². The zero-order valence-corrected chi connectivity index (χ0v) is 11.1. The highest BCUT2D eigenvalue weighted by molar-refractivity contribution is 7.10. The van der Waals surface area contributed by atoms with Crippen molar-refractivity contribution in [3.05, 3.63) is 33.5 Å². The molecule has 2 rings (SSSR count). The van der Waals surface area contributed by atoms with E-state index in [1.807, 2.05) is 11.3 Å². The lowest BCUT2D eigenvalue weighted by Gasteiger charge is -2.24. The molecule has 0 aromatic carbocycles. The summed E-state index contributed by atoms with van der Waals surface area (Å²) in [5.41, 5.74) is 3.04. The molecule has 1 unspecified atom stereocenters. The number of aryl methyl sites for hydroxylation is 1. The zero-order valence-electron chi connectivity index (χ0n) is 10.3. The monoisotopic (exact) mass is 235 g/mol. The Morgan fingerprint density at radius 3 is 2.88 bits per heavy atom. The van der Waals surface area contributed by atoms with E-state index in [4.69, 9.17) is 0 Å². The minimum atomic E-state index is 0.477. The van der Waals surface area contributed by atoms with Crippen LogP contribution in [0.15, 0.2) is 23.1 Å². The number of thiophene rings is 1. The molecule has 0 bridgehead atoms. The Morgan fingerprint density at radius 2 is 2.31 bits per heavy atom. The molecular formula is C14H21NS. The Kier molecular flexibility index (Phi) is 4.19. The Morgan fingerprint density at radius 1 is 1.44 bits per heavy atom. The van der Waals surface area contributed by atoms with Crippen LogP contribution in [0.5, 0.6) is 0 Å². The molecule has 1 aromatic rings. The van der Waals surface area contributed by atoms with Gasteiger partial charge < -0.3 is 5.32 Å². The van der Waals surface area contributed by atoms with Gasteiger partial charge in [-0.2, -0.15) is 0 Å². The third kappa shape index (κ3) is 2.55. The van der Waals surface area contributed by atoms with Crippen molar-refractivity contribution in [2.45, 2.75) is 45.6 Å². The van der Waals surface area contributed by atoms with E-state index in [0.717, 1.165) is 6.54 Å². The van der Waals surface area contributed by atoms with Gasteiger partial charge in [-0.1, -0.05) is 18.6 Å². The zero-order chi connectivity index (χ0) is 11.4. The van der Waals surface area contributed by atoms with Crippen molar-refractivity contribution in [3.8, 4) is 0 Å². The largest absolute Gasteiger partial charge is 0.306 e. The average molecular weight is 235 g/mol. The molecular weight excluding hydrogens is 214 g/mol. The van der Waals surface area contributed by atoms with E-state index in [1.54, 1.807) is 5.57 Å². The van der Waals surface area contributed by atoms with Gasteiger partial charge in [0, 0.05) is 4.88 Å². The molecule has 0 spiro atoms. The third-order valence-electron chi connectivity index (χ3n) is 3.27. The van der Waals surface area contributed by atoms with Gasteiger partial charge in [0.1, 0.15) is 0 Å². The molecule has 1 nitrogen and oxygen atoms in total. The second-order valence-corrected chi connectivity index (χ2v) is 5.43. The minimum absolute atomic E-state index is 0.477. The third-order valence-corrected chi connectivity index (χ3v) is 4.35. The van der Waals surface area contributed by atoms with Crippen LogP contribution in [0.25, 0.3) is 0 Å². The van der Waals surface area contributed by atoms with Crippen LogP contribution in [-0.2, 0) is 0 Å². The van der Waals surface area contributed by atoms with Crippen LogP contribution in [0.1, 0.15) is 49.1 Å². The summed E-state index contributed by atoms with van der Waals surface area (Å²) in [6, 6.07) is 2.71. The maximum Gasteiger partial charge on any atom is 0.0633 e. The van der Waals surface area contributed by atoms with Crippen molar-refractivity contribution in [3.63, 3.8) is 0 Å². The quantitative estimate of drug-likeness (QED) is 0.771. The summed E-state index contributed by atoms with van der Waals surface area (Å²) in [6.45, 7) is 5.46. The van der Waals surface area contributed by atoms with Crippen LogP contribution < -0.4 is 5.32 Å². The molecule has 1 aliphatic carbocycles. The van der Waals surface area contributed by atoms with Crippen LogP contribution >= 0.6 is 11.3 Å². The van der Waals surface area contributed by atoms with E-state index >= 15 is 0 Å². The lowest BCUT2D eigenvalue weighted by molar-refractivity contribution is 0.568. The van der Waals surface area contributed by atoms with Crippen LogP contribution in [0.2, 0.25) is 0 Å². The molecule has 88 valence electrons.